The molecule has 0 saturated carbocycles. The maximum atomic E-state index is 13.2. The second-order valence-electron chi connectivity index (χ2n) is 7.39. The molecule has 6 heteroatoms. The highest BCUT2D eigenvalue weighted by Crippen LogP contribution is 2.41. The lowest BCUT2D eigenvalue weighted by Crippen LogP contribution is -2.44. The third-order valence-electron chi connectivity index (χ3n) is 4.94. The Morgan fingerprint density at radius 1 is 1.10 bits per heavy atom. The van der Waals surface area contributed by atoms with Gasteiger partial charge in [-0.05, 0) is 43.8 Å². The molecule has 0 aliphatic carbocycles. The Balaban J connectivity index is 1.69. The van der Waals surface area contributed by atoms with E-state index in [1.54, 1.807) is 4.90 Å². The molecule has 0 bridgehead atoms. The number of thioether (sulfide) groups is 1. The van der Waals surface area contributed by atoms with Gasteiger partial charge in [0.15, 0.2) is 0 Å². The molecule has 0 atom stereocenters. The highest BCUT2D eigenvalue weighted by Gasteiger charge is 2.30. The first kappa shape index (κ1) is 22.1. The van der Waals surface area contributed by atoms with E-state index in [2.05, 4.69) is 24.2 Å². The lowest BCUT2D eigenvalue weighted by Gasteiger charge is -2.30. The van der Waals surface area contributed by atoms with Crippen LogP contribution in [0.25, 0.3) is 6.08 Å². The van der Waals surface area contributed by atoms with Crippen LogP contribution in [0.2, 0.25) is 0 Å². The third kappa shape index (κ3) is 5.97. The summed E-state index contributed by atoms with van der Waals surface area (Å²) < 4.78 is 0. The normalized spacial score (nSPS) is 14.8. The van der Waals surface area contributed by atoms with Crippen LogP contribution in [0.1, 0.15) is 25.3 Å². The van der Waals surface area contributed by atoms with Crippen molar-refractivity contribution in [3.63, 3.8) is 0 Å². The van der Waals surface area contributed by atoms with Crippen LogP contribution >= 0.6 is 11.8 Å². The number of nitrogens with zero attached hydrogens (tertiary/aromatic N) is 2. The number of para-hydroxylation sites is 1. The van der Waals surface area contributed by atoms with E-state index in [9.17, 15) is 9.59 Å². The van der Waals surface area contributed by atoms with Crippen LogP contribution in [-0.4, -0.2) is 49.9 Å². The number of amides is 2. The molecule has 1 N–H and O–H groups in total. The van der Waals surface area contributed by atoms with Gasteiger partial charge in [-0.15, -0.1) is 0 Å². The zero-order valence-electron chi connectivity index (χ0n) is 17.6. The summed E-state index contributed by atoms with van der Waals surface area (Å²) in [5, 5.41) is 2.95. The van der Waals surface area contributed by atoms with Crippen molar-refractivity contribution in [3.05, 3.63) is 65.1 Å². The first-order chi connectivity index (χ1) is 14.6. The zero-order valence-corrected chi connectivity index (χ0v) is 18.5. The van der Waals surface area contributed by atoms with Gasteiger partial charge >= 0.3 is 0 Å². The van der Waals surface area contributed by atoms with Crippen LogP contribution in [0.3, 0.4) is 0 Å². The SMILES string of the molecule is CCCCN(C)CCNC(=O)CN1C(=O)/C(=C/c2ccccc2)Sc2ccccc21. The Morgan fingerprint density at radius 3 is 2.60 bits per heavy atom. The van der Waals surface area contributed by atoms with Crippen LogP contribution in [0.4, 0.5) is 5.69 Å². The van der Waals surface area contributed by atoms with Gasteiger partial charge in [-0.3, -0.25) is 14.5 Å². The van der Waals surface area contributed by atoms with Gasteiger partial charge in [0.05, 0.1) is 10.6 Å². The molecule has 1 heterocycles. The monoisotopic (exact) mass is 423 g/mol. The van der Waals surface area contributed by atoms with Crippen molar-refractivity contribution >= 4 is 35.3 Å². The number of hydrogen-bond donors (Lipinski definition) is 1. The summed E-state index contributed by atoms with van der Waals surface area (Å²) >= 11 is 1.45. The number of fused-ring (bicyclic) bond motifs is 1. The third-order valence-corrected chi connectivity index (χ3v) is 6.02. The van der Waals surface area contributed by atoms with E-state index in [0.29, 0.717) is 11.4 Å². The standard InChI is InChI=1S/C24H29N3O2S/c1-3-4-15-26(2)16-14-25-23(28)18-27-20-12-8-9-13-21(20)30-22(24(27)29)17-19-10-6-5-7-11-19/h5-13,17H,3-4,14-16,18H2,1-2H3,(H,25,28)/b22-17-. The molecule has 0 radical (unpaired) electrons. The summed E-state index contributed by atoms with van der Waals surface area (Å²) in [4.78, 5) is 31.1. The summed E-state index contributed by atoms with van der Waals surface area (Å²) in [6, 6.07) is 17.5. The fraction of sp³-hybridized carbons (Fsp3) is 0.333. The quantitative estimate of drug-likeness (QED) is 0.619. The van der Waals surface area contributed by atoms with Crippen LogP contribution in [0.15, 0.2) is 64.4 Å². The van der Waals surface area contributed by atoms with Crippen LogP contribution in [-0.2, 0) is 9.59 Å². The summed E-state index contributed by atoms with van der Waals surface area (Å²) in [6.07, 6.45) is 4.19. The van der Waals surface area contributed by atoms with Gasteiger partial charge < -0.3 is 10.2 Å². The molecular formula is C24H29N3O2S. The second kappa shape index (κ2) is 11.0. The molecule has 3 rings (SSSR count). The van der Waals surface area contributed by atoms with Gasteiger partial charge in [-0.25, -0.2) is 0 Å². The topological polar surface area (TPSA) is 52.7 Å². The van der Waals surface area contributed by atoms with E-state index < -0.39 is 0 Å². The highest BCUT2D eigenvalue weighted by molar-refractivity contribution is 8.04. The van der Waals surface area contributed by atoms with Gasteiger partial charge in [0.1, 0.15) is 6.54 Å². The number of unbranched alkanes of at least 4 members (excludes halogenated alkanes) is 1. The van der Waals surface area contributed by atoms with E-state index in [-0.39, 0.29) is 18.4 Å². The van der Waals surface area contributed by atoms with Crippen molar-refractivity contribution < 1.29 is 9.59 Å². The first-order valence-corrected chi connectivity index (χ1v) is 11.2. The number of rotatable bonds is 9. The minimum Gasteiger partial charge on any atom is -0.353 e. The molecule has 2 amide bonds. The molecule has 0 spiro atoms. The molecule has 0 saturated heterocycles. The molecule has 30 heavy (non-hydrogen) atoms. The fourth-order valence-electron chi connectivity index (χ4n) is 3.25. The van der Waals surface area contributed by atoms with Gasteiger partial charge in [0.25, 0.3) is 5.91 Å². The highest BCUT2D eigenvalue weighted by atomic mass is 32.2. The molecule has 1 aliphatic rings. The smallest absolute Gasteiger partial charge is 0.265 e. The maximum absolute atomic E-state index is 13.2. The van der Waals surface area contributed by atoms with E-state index in [1.165, 1.54) is 11.8 Å². The van der Waals surface area contributed by atoms with E-state index in [1.807, 2.05) is 60.7 Å². The molecule has 2 aromatic rings. The average Bonchev–Trinajstić information content (AvgIpc) is 2.76. The molecule has 0 aromatic heterocycles. The lowest BCUT2D eigenvalue weighted by molar-refractivity contribution is -0.122. The van der Waals surface area contributed by atoms with Gasteiger partial charge in [-0.2, -0.15) is 0 Å². The summed E-state index contributed by atoms with van der Waals surface area (Å²) in [5.74, 6) is -0.286. The molecular weight excluding hydrogens is 394 g/mol. The summed E-state index contributed by atoms with van der Waals surface area (Å²) in [5.41, 5.74) is 1.75. The number of anilines is 1. The maximum Gasteiger partial charge on any atom is 0.265 e. The van der Waals surface area contributed by atoms with E-state index >= 15 is 0 Å². The number of carbonyl (C=O) groups excluding carboxylic acids is 2. The Hall–Kier alpha value is -2.57. The lowest BCUT2D eigenvalue weighted by atomic mass is 10.2. The van der Waals surface area contributed by atoms with Crippen LogP contribution < -0.4 is 10.2 Å². The van der Waals surface area contributed by atoms with E-state index in [4.69, 9.17) is 0 Å². The molecule has 2 aromatic carbocycles. The Kier molecular flexibility index (Phi) is 8.11. The van der Waals surface area contributed by atoms with Crippen molar-refractivity contribution in [1.29, 1.82) is 0 Å². The average molecular weight is 424 g/mol. The van der Waals surface area contributed by atoms with E-state index in [0.717, 1.165) is 42.1 Å². The second-order valence-corrected chi connectivity index (χ2v) is 8.47. The summed E-state index contributed by atoms with van der Waals surface area (Å²) in [7, 11) is 2.06. The predicted molar refractivity (Wildman–Crippen MR) is 124 cm³/mol. The number of hydrogen-bond acceptors (Lipinski definition) is 4. The number of benzene rings is 2. The first-order valence-electron chi connectivity index (χ1n) is 10.4. The minimum absolute atomic E-state index is 0.0151. The fourth-order valence-corrected chi connectivity index (χ4v) is 4.30. The minimum atomic E-state index is -0.145. The van der Waals surface area contributed by atoms with Crippen molar-refractivity contribution in [2.45, 2.75) is 24.7 Å². The van der Waals surface area contributed by atoms with Gasteiger partial charge in [0.2, 0.25) is 5.91 Å². The molecule has 0 unspecified atom stereocenters. The Bertz CT molecular complexity index is 898. The Labute approximate surface area is 183 Å². The predicted octanol–water partition coefficient (Wildman–Crippen LogP) is 4.01. The van der Waals surface area contributed by atoms with Crippen LogP contribution in [0, 0.1) is 0 Å². The van der Waals surface area contributed by atoms with Gasteiger partial charge in [-0.1, -0.05) is 67.6 Å². The molecule has 1 aliphatic heterocycles. The zero-order chi connectivity index (χ0) is 21.3. The largest absolute Gasteiger partial charge is 0.353 e. The van der Waals surface area contributed by atoms with Crippen molar-refractivity contribution in [1.82, 2.24) is 10.2 Å². The summed E-state index contributed by atoms with van der Waals surface area (Å²) in [6.45, 7) is 4.58. The van der Waals surface area contributed by atoms with Crippen molar-refractivity contribution in [2.24, 2.45) is 0 Å². The molecule has 158 valence electrons. The Morgan fingerprint density at radius 2 is 1.83 bits per heavy atom. The number of likely N-dealkylation sites (N-methyl/N-ethyl adjacent to an activating group) is 1. The van der Waals surface area contributed by atoms with Crippen molar-refractivity contribution in [2.75, 3.05) is 38.1 Å². The van der Waals surface area contributed by atoms with Gasteiger partial charge in [0, 0.05) is 18.0 Å². The number of carbonyl (C=O) groups is 2. The van der Waals surface area contributed by atoms with Crippen molar-refractivity contribution in [3.8, 4) is 0 Å². The molecule has 5 nitrogen and oxygen atoms in total. The van der Waals surface area contributed by atoms with Crippen LogP contribution in [0.5, 0.6) is 0 Å². The number of nitrogens with one attached hydrogen (secondary N) is 1. The molecule has 0 fully saturated rings.